The van der Waals surface area contributed by atoms with E-state index in [0.717, 1.165) is 5.69 Å². The van der Waals surface area contributed by atoms with Gasteiger partial charge in [0.25, 0.3) is 0 Å². The van der Waals surface area contributed by atoms with E-state index in [1.54, 1.807) is 53.3 Å². The molecule has 1 fully saturated rings. The summed E-state index contributed by atoms with van der Waals surface area (Å²) in [6.45, 7) is 2.96. The third kappa shape index (κ3) is 5.47. The first kappa shape index (κ1) is 25.3. The molecule has 2 aromatic heterocycles. The molecule has 38 heavy (non-hydrogen) atoms. The van der Waals surface area contributed by atoms with Crippen molar-refractivity contribution in [1.82, 2.24) is 24.4 Å². The van der Waals surface area contributed by atoms with Gasteiger partial charge in [-0.3, -0.25) is 10.1 Å². The molecule has 0 bridgehead atoms. The van der Waals surface area contributed by atoms with Crippen LogP contribution in [0.3, 0.4) is 0 Å². The highest BCUT2D eigenvalue weighted by atomic mass is 32.2. The largest absolute Gasteiger partial charge is 0.466 e. The number of carbonyl (C=O) groups excluding carboxylic acids is 2. The fourth-order valence-electron chi connectivity index (χ4n) is 4.23. The highest BCUT2D eigenvalue weighted by Gasteiger charge is 2.28. The fourth-order valence-corrected chi connectivity index (χ4v) is 5.15. The number of amides is 2. The van der Waals surface area contributed by atoms with Crippen molar-refractivity contribution >= 4 is 39.1 Å². The second kappa shape index (κ2) is 10.5. The summed E-state index contributed by atoms with van der Waals surface area (Å²) in [7, 11) is -4.08. The molecule has 0 atom stereocenters. The molecule has 0 spiro atoms. The van der Waals surface area contributed by atoms with E-state index in [-0.39, 0.29) is 34.5 Å². The van der Waals surface area contributed by atoms with E-state index >= 15 is 0 Å². The van der Waals surface area contributed by atoms with Gasteiger partial charge in [-0.05, 0) is 56.2 Å². The standard InChI is InChI=1S/C25H26N6O6S/c1-2-36-23(32)17-9-12-30(13-10-17)25(33)29-24-27-21-8-5-19(15-22(21)28-24)37-38(34,35)20-6-3-18(4-7-20)31-14-11-26-16-31/h3-8,11,14-17H,2,9-10,12-13H2,1H3,(H2,27,28,29,33). The van der Waals surface area contributed by atoms with E-state index in [9.17, 15) is 18.0 Å². The van der Waals surface area contributed by atoms with Crippen LogP contribution in [0.5, 0.6) is 5.75 Å². The lowest BCUT2D eigenvalue weighted by atomic mass is 9.97. The number of nitrogens with one attached hydrogen (secondary N) is 2. The Balaban J connectivity index is 1.22. The van der Waals surface area contributed by atoms with Crippen LogP contribution >= 0.6 is 0 Å². The summed E-state index contributed by atoms with van der Waals surface area (Å²) in [5.74, 6) is -0.125. The molecule has 0 saturated carbocycles. The zero-order chi connectivity index (χ0) is 26.7. The Morgan fingerprint density at radius 3 is 2.58 bits per heavy atom. The van der Waals surface area contributed by atoms with Crippen molar-refractivity contribution in [2.75, 3.05) is 25.0 Å². The highest BCUT2D eigenvalue weighted by molar-refractivity contribution is 7.87. The summed E-state index contributed by atoms with van der Waals surface area (Å²) >= 11 is 0. The van der Waals surface area contributed by atoms with Gasteiger partial charge in [-0.15, -0.1) is 0 Å². The first-order chi connectivity index (χ1) is 18.3. The number of benzene rings is 2. The van der Waals surface area contributed by atoms with Gasteiger partial charge in [-0.1, -0.05) is 0 Å². The van der Waals surface area contributed by atoms with Crippen LogP contribution in [0.15, 0.2) is 66.1 Å². The number of piperidine rings is 1. The van der Waals surface area contributed by atoms with E-state index in [0.29, 0.717) is 43.6 Å². The van der Waals surface area contributed by atoms with Crippen LogP contribution in [0.1, 0.15) is 19.8 Å². The van der Waals surface area contributed by atoms with Gasteiger partial charge in [0.05, 0.1) is 29.9 Å². The normalized spacial score (nSPS) is 14.4. The molecule has 1 saturated heterocycles. The van der Waals surface area contributed by atoms with Crippen molar-refractivity contribution < 1.29 is 26.9 Å². The van der Waals surface area contributed by atoms with Gasteiger partial charge in [-0.25, -0.2) is 14.8 Å². The number of esters is 1. The predicted octanol–water partition coefficient (Wildman–Crippen LogP) is 3.32. The molecule has 2 N–H and O–H groups in total. The quantitative estimate of drug-likeness (QED) is 0.269. The Labute approximate surface area is 218 Å². The molecule has 3 heterocycles. The van der Waals surface area contributed by atoms with Gasteiger partial charge >= 0.3 is 22.1 Å². The lowest BCUT2D eigenvalue weighted by Gasteiger charge is -2.30. The van der Waals surface area contributed by atoms with E-state index in [1.165, 1.54) is 24.3 Å². The molecule has 13 heteroatoms. The van der Waals surface area contributed by atoms with Crippen LogP contribution in [0, 0.1) is 5.92 Å². The number of aromatic amines is 1. The molecular formula is C25H26N6O6S. The van der Waals surface area contributed by atoms with Crippen molar-refractivity contribution in [2.24, 2.45) is 5.92 Å². The summed E-state index contributed by atoms with van der Waals surface area (Å²) in [5, 5.41) is 2.72. The molecule has 1 aliphatic rings. The van der Waals surface area contributed by atoms with E-state index in [4.69, 9.17) is 8.92 Å². The van der Waals surface area contributed by atoms with E-state index in [2.05, 4.69) is 20.3 Å². The number of nitrogens with zero attached hydrogens (tertiary/aromatic N) is 4. The van der Waals surface area contributed by atoms with Crippen LogP contribution in [0.4, 0.5) is 10.7 Å². The average molecular weight is 539 g/mol. The molecule has 0 radical (unpaired) electrons. The van der Waals surface area contributed by atoms with Crippen LogP contribution < -0.4 is 9.50 Å². The van der Waals surface area contributed by atoms with Crippen molar-refractivity contribution in [3.05, 3.63) is 61.2 Å². The number of fused-ring (bicyclic) bond motifs is 1. The molecule has 198 valence electrons. The number of ether oxygens (including phenoxy) is 1. The van der Waals surface area contributed by atoms with Gasteiger partial charge in [-0.2, -0.15) is 8.42 Å². The summed E-state index contributed by atoms with van der Waals surface area (Å²) in [6, 6.07) is 10.5. The van der Waals surface area contributed by atoms with Crippen molar-refractivity contribution in [3.63, 3.8) is 0 Å². The molecule has 0 aliphatic carbocycles. The molecular weight excluding hydrogens is 512 g/mol. The van der Waals surface area contributed by atoms with Crippen LogP contribution in [-0.4, -0.2) is 64.5 Å². The molecule has 2 aromatic carbocycles. The fraction of sp³-hybridized carbons (Fsp3) is 0.280. The minimum absolute atomic E-state index is 0.00293. The summed E-state index contributed by atoms with van der Waals surface area (Å²) in [5.41, 5.74) is 1.78. The molecule has 1 aliphatic heterocycles. The molecule has 0 unspecified atom stereocenters. The molecule has 2 amide bonds. The zero-order valence-corrected chi connectivity index (χ0v) is 21.3. The number of urea groups is 1. The SMILES string of the molecule is CCOC(=O)C1CCN(C(=O)Nc2nc3cc(OS(=O)(=O)c4ccc(-n5ccnc5)cc4)ccc3[nH]2)CC1. The minimum Gasteiger partial charge on any atom is -0.466 e. The predicted molar refractivity (Wildman–Crippen MR) is 137 cm³/mol. The van der Waals surface area contributed by atoms with Crippen molar-refractivity contribution in [1.29, 1.82) is 0 Å². The number of rotatable bonds is 7. The third-order valence-electron chi connectivity index (χ3n) is 6.22. The third-order valence-corrected chi connectivity index (χ3v) is 7.48. The Hall–Kier alpha value is -4.39. The van der Waals surface area contributed by atoms with E-state index in [1.807, 2.05) is 0 Å². The van der Waals surface area contributed by atoms with Gasteiger partial charge in [0, 0.05) is 37.2 Å². The maximum absolute atomic E-state index is 12.8. The monoisotopic (exact) mass is 538 g/mol. The smallest absolute Gasteiger partial charge is 0.339 e. The average Bonchev–Trinajstić information content (AvgIpc) is 3.59. The first-order valence-corrected chi connectivity index (χ1v) is 13.5. The number of hydrogen-bond donors (Lipinski definition) is 2. The first-order valence-electron chi connectivity index (χ1n) is 12.1. The lowest BCUT2D eigenvalue weighted by molar-refractivity contribution is -0.149. The van der Waals surface area contributed by atoms with E-state index < -0.39 is 10.1 Å². The second-order valence-electron chi connectivity index (χ2n) is 8.71. The van der Waals surface area contributed by atoms with Crippen molar-refractivity contribution in [3.8, 4) is 11.4 Å². The number of imidazole rings is 2. The Bertz CT molecular complexity index is 1540. The Morgan fingerprint density at radius 1 is 1.13 bits per heavy atom. The number of likely N-dealkylation sites (tertiary alicyclic amines) is 1. The van der Waals surface area contributed by atoms with Gasteiger partial charge in [0.15, 0.2) is 0 Å². The maximum Gasteiger partial charge on any atom is 0.339 e. The summed E-state index contributed by atoms with van der Waals surface area (Å²) in [6.07, 6.45) is 6.07. The Kier molecular flexibility index (Phi) is 7.01. The van der Waals surface area contributed by atoms with Gasteiger partial charge < -0.3 is 23.4 Å². The minimum atomic E-state index is -4.08. The molecule has 5 rings (SSSR count). The van der Waals surface area contributed by atoms with Crippen molar-refractivity contribution in [2.45, 2.75) is 24.7 Å². The van der Waals surface area contributed by atoms with Gasteiger partial charge in [0.2, 0.25) is 5.95 Å². The number of H-pyrrole nitrogens is 1. The zero-order valence-electron chi connectivity index (χ0n) is 20.5. The lowest BCUT2D eigenvalue weighted by Crippen LogP contribution is -2.42. The van der Waals surface area contributed by atoms with Crippen LogP contribution in [-0.2, 0) is 19.6 Å². The number of carbonyl (C=O) groups is 2. The maximum atomic E-state index is 12.8. The second-order valence-corrected chi connectivity index (χ2v) is 10.3. The summed E-state index contributed by atoms with van der Waals surface area (Å²) < 4.78 is 37.7. The summed E-state index contributed by atoms with van der Waals surface area (Å²) in [4.78, 5) is 37.5. The Morgan fingerprint density at radius 2 is 1.89 bits per heavy atom. The van der Waals surface area contributed by atoms with Crippen LogP contribution in [0.25, 0.3) is 16.7 Å². The van der Waals surface area contributed by atoms with Crippen LogP contribution in [0.2, 0.25) is 0 Å². The molecule has 4 aromatic rings. The number of anilines is 1. The topological polar surface area (TPSA) is 149 Å². The molecule has 12 nitrogen and oxygen atoms in total. The highest BCUT2D eigenvalue weighted by Crippen LogP contribution is 2.25. The van der Waals surface area contributed by atoms with Gasteiger partial charge in [0.1, 0.15) is 10.6 Å². The number of aromatic nitrogens is 4. The number of hydrogen-bond acceptors (Lipinski definition) is 8.